The van der Waals surface area contributed by atoms with Gasteiger partial charge in [-0.05, 0) is 30.7 Å². The van der Waals surface area contributed by atoms with Crippen LogP contribution in [0.4, 0.5) is 23.2 Å². The molecule has 5 rings (SSSR count). The van der Waals surface area contributed by atoms with Crippen molar-refractivity contribution in [2.45, 2.75) is 50.4 Å². The van der Waals surface area contributed by atoms with Gasteiger partial charge in [-0.1, -0.05) is 16.8 Å². The Morgan fingerprint density at radius 1 is 1.24 bits per heavy atom. The van der Waals surface area contributed by atoms with Crippen molar-refractivity contribution in [3.63, 3.8) is 0 Å². The van der Waals surface area contributed by atoms with Crippen molar-refractivity contribution < 1.29 is 31.9 Å². The molecule has 2 aliphatic rings. The maximum Gasteiger partial charge on any atom is 0.293 e. The van der Waals surface area contributed by atoms with Gasteiger partial charge in [-0.25, -0.2) is 17.6 Å². The van der Waals surface area contributed by atoms with Crippen LogP contribution in [0.3, 0.4) is 0 Å². The summed E-state index contributed by atoms with van der Waals surface area (Å²) in [4.78, 5) is 39.4. The molecule has 1 aliphatic heterocycles. The molecule has 0 bridgehead atoms. The number of H-pyrrole nitrogens is 1. The second kappa shape index (κ2) is 8.68. The lowest BCUT2D eigenvalue weighted by atomic mass is 9.71. The number of hydrogen-bond acceptors (Lipinski definition) is 5. The predicted molar refractivity (Wildman–Crippen MR) is 122 cm³/mol. The monoisotopic (exact) mass is 538 g/mol. The molecule has 0 radical (unpaired) electrons. The Balaban J connectivity index is 1.45. The van der Waals surface area contributed by atoms with Gasteiger partial charge < -0.3 is 15.2 Å². The molecule has 1 atom stereocenters. The summed E-state index contributed by atoms with van der Waals surface area (Å²) in [6, 6.07) is 3.52. The number of benzene rings is 1. The van der Waals surface area contributed by atoms with Crippen LogP contribution in [0.1, 0.15) is 50.6 Å². The first-order valence-corrected chi connectivity index (χ1v) is 11.5. The SMILES string of the molecule is Cc1c(C(=O)C(=O)NC2(c3c[nH]nn3)CC(F)(F)C2)c2n(c1C(=O)Nc1ccc(F)c(Cl)c1)C[C@H](F)C2. The van der Waals surface area contributed by atoms with E-state index >= 15 is 0 Å². The molecule has 1 saturated carbocycles. The number of rotatable bonds is 6. The van der Waals surface area contributed by atoms with E-state index in [1.807, 2.05) is 0 Å². The van der Waals surface area contributed by atoms with Crippen molar-refractivity contribution in [2.24, 2.45) is 0 Å². The zero-order valence-corrected chi connectivity index (χ0v) is 19.9. The van der Waals surface area contributed by atoms with E-state index in [1.165, 1.54) is 29.8 Å². The van der Waals surface area contributed by atoms with Crippen molar-refractivity contribution in [3.8, 4) is 0 Å². The van der Waals surface area contributed by atoms with Gasteiger partial charge >= 0.3 is 0 Å². The van der Waals surface area contributed by atoms with Crippen molar-refractivity contribution in [3.05, 3.63) is 63.4 Å². The Labute approximate surface area is 211 Å². The Bertz CT molecular complexity index is 1430. The van der Waals surface area contributed by atoms with Crippen LogP contribution in [0, 0.1) is 12.7 Å². The van der Waals surface area contributed by atoms with E-state index in [1.54, 1.807) is 0 Å². The fraction of sp³-hybridized carbons (Fsp3) is 0.348. The van der Waals surface area contributed by atoms with Crippen LogP contribution in [-0.2, 0) is 23.3 Å². The fourth-order valence-corrected chi connectivity index (χ4v) is 5.22. The third-order valence-corrected chi connectivity index (χ3v) is 6.91. The van der Waals surface area contributed by atoms with Crippen molar-refractivity contribution >= 4 is 34.9 Å². The smallest absolute Gasteiger partial charge is 0.293 e. The highest BCUT2D eigenvalue weighted by Crippen LogP contribution is 2.51. The number of ketones is 1. The Hall–Kier alpha value is -3.74. The number of aromatic nitrogens is 4. The quantitative estimate of drug-likeness (QED) is 0.252. The van der Waals surface area contributed by atoms with E-state index in [4.69, 9.17) is 11.6 Å². The molecular weight excluding hydrogens is 520 g/mol. The minimum Gasteiger partial charge on any atom is -0.337 e. The summed E-state index contributed by atoms with van der Waals surface area (Å²) in [5, 5.41) is 14.3. The summed E-state index contributed by atoms with van der Waals surface area (Å²) >= 11 is 5.76. The summed E-state index contributed by atoms with van der Waals surface area (Å²) in [5.74, 6) is -6.79. The summed E-state index contributed by atoms with van der Waals surface area (Å²) in [6.45, 7) is 1.20. The lowest BCUT2D eigenvalue weighted by Gasteiger charge is -2.46. The number of carbonyl (C=O) groups excluding carboxylic acids is 3. The third-order valence-electron chi connectivity index (χ3n) is 6.62. The molecule has 1 fully saturated rings. The number of alkyl halides is 3. The topological polar surface area (TPSA) is 122 Å². The Kier molecular flexibility index (Phi) is 5.85. The maximum absolute atomic E-state index is 14.4. The van der Waals surface area contributed by atoms with Gasteiger partial charge in [0.2, 0.25) is 0 Å². The summed E-state index contributed by atoms with van der Waals surface area (Å²) in [7, 11) is 0. The van der Waals surface area contributed by atoms with Crippen LogP contribution in [0.15, 0.2) is 24.4 Å². The van der Waals surface area contributed by atoms with E-state index in [0.717, 1.165) is 6.07 Å². The first-order valence-electron chi connectivity index (χ1n) is 11.1. The number of amides is 2. The first-order chi connectivity index (χ1) is 17.4. The Morgan fingerprint density at radius 2 is 1.97 bits per heavy atom. The third kappa shape index (κ3) is 4.26. The Morgan fingerprint density at radius 3 is 2.59 bits per heavy atom. The van der Waals surface area contributed by atoms with Gasteiger partial charge in [-0.15, -0.1) is 5.10 Å². The van der Waals surface area contributed by atoms with Crippen LogP contribution < -0.4 is 10.6 Å². The highest BCUT2D eigenvalue weighted by atomic mass is 35.5. The minimum absolute atomic E-state index is 0.0419. The van der Waals surface area contributed by atoms with Crippen molar-refractivity contribution in [1.82, 2.24) is 25.3 Å². The van der Waals surface area contributed by atoms with Crippen LogP contribution in [-0.4, -0.2) is 49.7 Å². The lowest BCUT2D eigenvalue weighted by Crippen LogP contribution is -2.61. The molecule has 9 nitrogen and oxygen atoms in total. The zero-order valence-electron chi connectivity index (χ0n) is 19.2. The molecule has 1 aliphatic carbocycles. The van der Waals surface area contributed by atoms with Crippen molar-refractivity contribution in [1.29, 1.82) is 0 Å². The molecule has 0 saturated heterocycles. The van der Waals surface area contributed by atoms with Crippen LogP contribution in [0.2, 0.25) is 5.02 Å². The molecule has 2 amide bonds. The number of fused-ring (bicyclic) bond motifs is 1. The average Bonchev–Trinajstić information content (AvgIpc) is 3.50. The summed E-state index contributed by atoms with van der Waals surface area (Å²) in [6.07, 6.45) is -1.95. The molecule has 3 heterocycles. The highest BCUT2D eigenvalue weighted by molar-refractivity contribution is 6.44. The van der Waals surface area contributed by atoms with Gasteiger partial charge in [0.05, 0.1) is 22.7 Å². The lowest BCUT2D eigenvalue weighted by molar-refractivity contribution is -0.148. The molecule has 0 spiro atoms. The van der Waals surface area contributed by atoms with Crippen LogP contribution in [0.25, 0.3) is 0 Å². The number of nitrogens with one attached hydrogen (secondary N) is 3. The number of anilines is 1. The largest absolute Gasteiger partial charge is 0.337 e. The molecule has 0 unspecified atom stereocenters. The van der Waals surface area contributed by atoms with Gasteiger partial charge in [0.1, 0.15) is 23.4 Å². The average molecular weight is 539 g/mol. The van der Waals surface area contributed by atoms with E-state index in [0.29, 0.717) is 0 Å². The molecule has 1 aromatic carbocycles. The van der Waals surface area contributed by atoms with Gasteiger partial charge in [-0.3, -0.25) is 19.5 Å². The van der Waals surface area contributed by atoms with Crippen LogP contribution >= 0.6 is 11.6 Å². The van der Waals surface area contributed by atoms with Gasteiger partial charge in [0.25, 0.3) is 23.5 Å². The van der Waals surface area contributed by atoms with Gasteiger partial charge in [0, 0.05) is 36.8 Å². The molecule has 3 aromatic rings. The molecular formula is C23H19ClF4N6O3. The number of hydrogen-bond donors (Lipinski definition) is 3. The predicted octanol–water partition coefficient (Wildman–Crippen LogP) is 3.48. The molecule has 2 aromatic heterocycles. The summed E-state index contributed by atoms with van der Waals surface area (Å²) in [5.41, 5.74) is -1.39. The number of Topliss-reactive ketones (excluding diaryl/α,β-unsaturated/α-hetero) is 1. The van der Waals surface area contributed by atoms with E-state index in [2.05, 4.69) is 26.0 Å². The number of nitrogens with zero attached hydrogens (tertiary/aromatic N) is 3. The van der Waals surface area contributed by atoms with E-state index in [9.17, 15) is 31.9 Å². The van der Waals surface area contributed by atoms with E-state index < -0.39 is 53.9 Å². The highest BCUT2D eigenvalue weighted by Gasteiger charge is 2.60. The van der Waals surface area contributed by atoms with Crippen molar-refractivity contribution in [2.75, 3.05) is 5.32 Å². The summed E-state index contributed by atoms with van der Waals surface area (Å²) < 4.78 is 56.7. The standard InChI is InChI=1S/C23H19ClF4N6O3/c1-10-17(19(35)21(37)31-22(8-23(27,28)9-22)16-6-29-33-32-16)15-4-11(25)7-34(15)18(10)20(36)30-12-2-3-14(26)13(24)5-12/h2-3,5-6,11H,4,7-9H2,1H3,(H,30,36)(H,31,37)(H,29,32,33)/t11-/m1/s1. The second-order valence-corrected chi connectivity index (χ2v) is 9.63. The number of aromatic amines is 1. The normalized spacial score (nSPS) is 19.1. The molecule has 3 N–H and O–H groups in total. The first kappa shape index (κ1) is 24.9. The molecule has 194 valence electrons. The van der Waals surface area contributed by atoms with E-state index in [-0.39, 0.29) is 51.9 Å². The van der Waals surface area contributed by atoms with Gasteiger partial charge in [0.15, 0.2) is 0 Å². The second-order valence-electron chi connectivity index (χ2n) is 9.22. The fourth-order valence-electron chi connectivity index (χ4n) is 5.04. The molecule has 37 heavy (non-hydrogen) atoms. The maximum atomic E-state index is 14.4. The molecule has 14 heteroatoms. The zero-order chi connectivity index (χ0) is 26.7. The minimum atomic E-state index is -3.07. The number of halogens is 5. The number of carbonyl (C=O) groups is 3. The van der Waals surface area contributed by atoms with Crippen LogP contribution in [0.5, 0.6) is 0 Å². The van der Waals surface area contributed by atoms with Gasteiger partial charge in [-0.2, -0.15) is 0 Å².